The molecule has 0 bridgehead atoms. The van der Waals surface area contributed by atoms with Crippen LogP contribution < -0.4 is 0 Å². The Kier molecular flexibility index (Phi) is 4.29. The number of rotatable bonds is 4. The maximum absolute atomic E-state index is 11.1. The van der Waals surface area contributed by atoms with Crippen molar-refractivity contribution in [2.45, 2.75) is 6.42 Å². The molecule has 0 aromatic heterocycles. The topological polar surface area (TPSA) is 54.4 Å². The van der Waals surface area contributed by atoms with E-state index in [4.69, 9.17) is 16.7 Å². The van der Waals surface area contributed by atoms with Crippen LogP contribution in [0.15, 0.2) is 22.7 Å². The van der Waals surface area contributed by atoms with Crippen molar-refractivity contribution >= 4 is 39.3 Å². The van der Waals surface area contributed by atoms with Gasteiger partial charge < -0.3 is 5.11 Å². The Balaban J connectivity index is 3.00. The monoisotopic (exact) mass is 290 g/mol. The van der Waals surface area contributed by atoms with Crippen molar-refractivity contribution in [1.82, 2.24) is 0 Å². The van der Waals surface area contributed by atoms with Gasteiger partial charge in [0, 0.05) is 10.9 Å². The minimum atomic E-state index is -1.01. The van der Waals surface area contributed by atoms with Gasteiger partial charge >= 0.3 is 5.97 Å². The summed E-state index contributed by atoms with van der Waals surface area (Å²) in [4.78, 5) is 21.8. The van der Waals surface area contributed by atoms with Gasteiger partial charge in [-0.2, -0.15) is 0 Å². The summed E-state index contributed by atoms with van der Waals surface area (Å²) in [6.45, 7) is 0. The van der Waals surface area contributed by atoms with Crippen LogP contribution in [0, 0.1) is 0 Å². The minimum Gasteiger partial charge on any atom is -0.478 e. The zero-order chi connectivity index (χ0) is 11.4. The summed E-state index contributed by atoms with van der Waals surface area (Å²) in [5.74, 6) is -1.22. The van der Waals surface area contributed by atoms with Gasteiger partial charge in [-0.05, 0) is 23.8 Å². The Labute approximate surface area is 100 Å². The van der Waals surface area contributed by atoms with Crippen LogP contribution in [0.1, 0.15) is 15.9 Å². The van der Waals surface area contributed by atoms with E-state index in [1.165, 1.54) is 12.1 Å². The van der Waals surface area contributed by atoms with Crippen molar-refractivity contribution < 1.29 is 14.7 Å². The third kappa shape index (κ3) is 3.32. The fourth-order valence-electron chi connectivity index (χ4n) is 1.10. The number of carbonyl (C=O) groups is 2. The summed E-state index contributed by atoms with van der Waals surface area (Å²) in [5, 5.41) is 8.77. The molecule has 0 aliphatic heterocycles. The van der Waals surface area contributed by atoms with Crippen molar-refractivity contribution in [3.8, 4) is 0 Å². The molecule has 0 amide bonds. The van der Waals surface area contributed by atoms with E-state index in [2.05, 4.69) is 15.9 Å². The second kappa shape index (κ2) is 5.28. The lowest BCUT2D eigenvalue weighted by molar-refractivity contribution is -0.116. The molecule has 1 aromatic carbocycles. The number of ketones is 1. The van der Waals surface area contributed by atoms with Crippen molar-refractivity contribution in [1.29, 1.82) is 0 Å². The number of carbonyl (C=O) groups excluding carboxylic acids is 1. The standard InChI is InChI=1S/C10H8BrClO3/c11-9-2-1-6(10(14)15)3-7(9)4-8(13)5-12/h1-3H,4-5H2,(H,14,15). The zero-order valence-electron chi connectivity index (χ0n) is 7.67. The molecule has 0 spiro atoms. The molecule has 0 unspecified atom stereocenters. The highest BCUT2D eigenvalue weighted by molar-refractivity contribution is 9.10. The van der Waals surface area contributed by atoms with Crippen LogP contribution in [0.4, 0.5) is 0 Å². The molecule has 5 heteroatoms. The van der Waals surface area contributed by atoms with Crippen molar-refractivity contribution in [3.63, 3.8) is 0 Å². The summed E-state index contributed by atoms with van der Waals surface area (Å²) in [7, 11) is 0. The van der Waals surface area contributed by atoms with E-state index >= 15 is 0 Å². The highest BCUT2D eigenvalue weighted by Crippen LogP contribution is 2.19. The number of halogens is 2. The van der Waals surface area contributed by atoms with Crippen LogP contribution in [0.2, 0.25) is 0 Å². The number of Topliss-reactive ketones (excluding diaryl/α,β-unsaturated/α-hetero) is 1. The van der Waals surface area contributed by atoms with Gasteiger partial charge in [-0.25, -0.2) is 4.79 Å². The fraction of sp³-hybridized carbons (Fsp3) is 0.200. The van der Waals surface area contributed by atoms with E-state index in [1.54, 1.807) is 6.07 Å². The van der Waals surface area contributed by atoms with E-state index in [-0.39, 0.29) is 23.6 Å². The third-order valence-electron chi connectivity index (χ3n) is 1.83. The van der Waals surface area contributed by atoms with Gasteiger partial charge in [-0.3, -0.25) is 4.79 Å². The molecule has 1 aromatic rings. The first-order valence-corrected chi connectivity index (χ1v) is 5.46. The maximum Gasteiger partial charge on any atom is 0.335 e. The fourth-order valence-corrected chi connectivity index (χ4v) is 1.58. The normalized spacial score (nSPS) is 10.0. The molecule has 0 aliphatic carbocycles. The Hall–Kier alpha value is -0.870. The first-order chi connectivity index (χ1) is 7.04. The molecule has 0 heterocycles. The van der Waals surface area contributed by atoms with Crippen LogP contribution in [-0.4, -0.2) is 22.7 Å². The van der Waals surface area contributed by atoms with Crippen LogP contribution >= 0.6 is 27.5 Å². The van der Waals surface area contributed by atoms with Crippen LogP contribution in [0.5, 0.6) is 0 Å². The largest absolute Gasteiger partial charge is 0.478 e. The smallest absolute Gasteiger partial charge is 0.335 e. The van der Waals surface area contributed by atoms with E-state index < -0.39 is 5.97 Å². The Morgan fingerprint density at radius 2 is 2.07 bits per heavy atom. The predicted octanol–water partition coefficient (Wildman–Crippen LogP) is 2.50. The molecule has 0 saturated heterocycles. The molecule has 0 aliphatic rings. The van der Waals surface area contributed by atoms with Gasteiger partial charge in [-0.1, -0.05) is 15.9 Å². The highest BCUT2D eigenvalue weighted by Gasteiger charge is 2.09. The maximum atomic E-state index is 11.1. The molecule has 1 rings (SSSR count). The number of hydrogen-bond acceptors (Lipinski definition) is 2. The number of benzene rings is 1. The lowest BCUT2D eigenvalue weighted by Crippen LogP contribution is -2.06. The first kappa shape index (κ1) is 12.2. The van der Waals surface area contributed by atoms with Crippen LogP contribution in [-0.2, 0) is 11.2 Å². The average molecular weight is 292 g/mol. The predicted molar refractivity (Wildman–Crippen MR) is 60.5 cm³/mol. The Morgan fingerprint density at radius 3 is 2.60 bits per heavy atom. The lowest BCUT2D eigenvalue weighted by Gasteiger charge is -2.03. The molecule has 0 saturated carbocycles. The van der Waals surface area contributed by atoms with Gasteiger partial charge in [0.1, 0.15) is 0 Å². The van der Waals surface area contributed by atoms with Crippen LogP contribution in [0.3, 0.4) is 0 Å². The number of hydrogen-bond donors (Lipinski definition) is 1. The van der Waals surface area contributed by atoms with Crippen molar-refractivity contribution in [3.05, 3.63) is 33.8 Å². The summed E-state index contributed by atoms with van der Waals surface area (Å²) < 4.78 is 0.714. The Morgan fingerprint density at radius 1 is 1.40 bits per heavy atom. The van der Waals surface area contributed by atoms with Crippen molar-refractivity contribution in [2.75, 3.05) is 5.88 Å². The molecular formula is C10H8BrClO3. The number of alkyl halides is 1. The molecule has 1 N–H and O–H groups in total. The average Bonchev–Trinajstić information content (AvgIpc) is 2.20. The molecule has 80 valence electrons. The Bertz CT molecular complexity index is 404. The first-order valence-electron chi connectivity index (χ1n) is 4.14. The third-order valence-corrected chi connectivity index (χ3v) is 2.90. The quantitative estimate of drug-likeness (QED) is 0.867. The number of aromatic carboxylic acids is 1. The summed E-state index contributed by atoms with van der Waals surface area (Å²) in [5.41, 5.74) is 0.802. The second-order valence-electron chi connectivity index (χ2n) is 2.96. The second-order valence-corrected chi connectivity index (χ2v) is 4.08. The summed E-state index contributed by atoms with van der Waals surface area (Å²) >= 11 is 8.62. The molecule has 15 heavy (non-hydrogen) atoms. The summed E-state index contributed by atoms with van der Waals surface area (Å²) in [6.07, 6.45) is 0.144. The number of carboxylic acid groups (broad SMARTS) is 1. The van der Waals surface area contributed by atoms with Gasteiger partial charge in [0.2, 0.25) is 0 Å². The van der Waals surface area contributed by atoms with E-state index in [0.29, 0.717) is 10.0 Å². The molecular weight excluding hydrogens is 283 g/mol. The van der Waals surface area contributed by atoms with Gasteiger partial charge in [-0.15, -0.1) is 11.6 Å². The van der Waals surface area contributed by atoms with Gasteiger partial charge in [0.05, 0.1) is 11.4 Å². The highest BCUT2D eigenvalue weighted by atomic mass is 79.9. The van der Waals surface area contributed by atoms with E-state index in [1.807, 2.05) is 0 Å². The molecule has 0 radical (unpaired) electrons. The SMILES string of the molecule is O=C(CCl)Cc1cc(C(=O)O)ccc1Br. The zero-order valence-corrected chi connectivity index (χ0v) is 10.0. The molecule has 0 fully saturated rings. The summed E-state index contributed by atoms with van der Waals surface area (Å²) in [6, 6.07) is 4.55. The lowest BCUT2D eigenvalue weighted by atomic mass is 10.1. The van der Waals surface area contributed by atoms with Gasteiger partial charge in [0.25, 0.3) is 0 Å². The van der Waals surface area contributed by atoms with Crippen molar-refractivity contribution in [2.24, 2.45) is 0 Å². The van der Waals surface area contributed by atoms with Crippen LogP contribution in [0.25, 0.3) is 0 Å². The number of carboxylic acids is 1. The minimum absolute atomic E-state index is 0.0657. The molecule has 3 nitrogen and oxygen atoms in total. The van der Waals surface area contributed by atoms with E-state index in [9.17, 15) is 9.59 Å². The van der Waals surface area contributed by atoms with Gasteiger partial charge in [0.15, 0.2) is 5.78 Å². The van der Waals surface area contributed by atoms with E-state index in [0.717, 1.165) is 0 Å². The molecule has 0 atom stereocenters.